The number of piperidine rings is 1. The van der Waals surface area contributed by atoms with E-state index in [4.69, 9.17) is 5.73 Å². The number of rotatable bonds is 4. The lowest BCUT2D eigenvalue weighted by molar-refractivity contribution is -0.128. The summed E-state index contributed by atoms with van der Waals surface area (Å²) in [7, 11) is 0. The molecule has 1 aromatic rings. The number of amides is 2. The third kappa shape index (κ3) is 3.95. The van der Waals surface area contributed by atoms with Gasteiger partial charge < -0.3 is 16.0 Å². The number of nitrogens with two attached hydrogens (primary N) is 1. The minimum atomic E-state index is -0.423. The summed E-state index contributed by atoms with van der Waals surface area (Å²) in [5.41, 5.74) is 6.21. The van der Waals surface area contributed by atoms with Gasteiger partial charge in [-0.15, -0.1) is 12.4 Å². The first-order valence-electron chi connectivity index (χ1n) is 6.58. The zero-order valence-corrected chi connectivity index (χ0v) is 12.1. The van der Waals surface area contributed by atoms with Crippen LogP contribution in [0, 0.1) is 0 Å². The highest BCUT2D eigenvalue weighted by atomic mass is 35.5. The Morgan fingerprint density at radius 2 is 2.05 bits per heavy atom. The number of anilines is 1. The SMILES string of the molecule is Cl.NCCC(=O)NC1CCCN(c2ccccc2)C1=O. The van der Waals surface area contributed by atoms with Gasteiger partial charge in [0.2, 0.25) is 11.8 Å². The van der Waals surface area contributed by atoms with Crippen molar-refractivity contribution in [2.45, 2.75) is 25.3 Å². The second-order valence-electron chi connectivity index (χ2n) is 4.63. The maximum absolute atomic E-state index is 12.3. The molecular weight excluding hydrogens is 278 g/mol. The van der Waals surface area contributed by atoms with E-state index in [-0.39, 0.29) is 30.6 Å². The Labute approximate surface area is 124 Å². The summed E-state index contributed by atoms with van der Waals surface area (Å²) < 4.78 is 0. The third-order valence-electron chi connectivity index (χ3n) is 3.21. The van der Waals surface area contributed by atoms with E-state index >= 15 is 0 Å². The number of nitrogens with one attached hydrogen (secondary N) is 1. The first kappa shape index (κ1) is 16.5. The zero-order valence-electron chi connectivity index (χ0n) is 11.2. The fraction of sp³-hybridized carbons (Fsp3) is 0.429. The van der Waals surface area contributed by atoms with E-state index in [9.17, 15) is 9.59 Å². The van der Waals surface area contributed by atoms with Crippen LogP contribution < -0.4 is 16.0 Å². The summed E-state index contributed by atoms with van der Waals surface area (Å²) in [4.78, 5) is 25.6. The molecule has 2 amide bonds. The maximum atomic E-state index is 12.3. The molecule has 0 saturated carbocycles. The third-order valence-corrected chi connectivity index (χ3v) is 3.21. The fourth-order valence-electron chi connectivity index (χ4n) is 2.27. The van der Waals surface area contributed by atoms with Crippen molar-refractivity contribution < 1.29 is 9.59 Å². The average Bonchev–Trinajstić information content (AvgIpc) is 2.42. The normalized spacial score (nSPS) is 18.4. The van der Waals surface area contributed by atoms with E-state index in [0.717, 1.165) is 12.1 Å². The monoisotopic (exact) mass is 297 g/mol. The molecule has 20 heavy (non-hydrogen) atoms. The van der Waals surface area contributed by atoms with E-state index in [2.05, 4.69) is 5.32 Å². The quantitative estimate of drug-likeness (QED) is 0.873. The van der Waals surface area contributed by atoms with E-state index in [0.29, 0.717) is 19.5 Å². The first-order valence-corrected chi connectivity index (χ1v) is 6.58. The van der Waals surface area contributed by atoms with Gasteiger partial charge in [-0.05, 0) is 25.0 Å². The lowest BCUT2D eigenvalue weighted by atomic mass is 10.0. The minimum absolute atomic E-state index is 0. The van der Waals surface area contributed by atoms with Crippen LogP contribution in [0.15, 0.2) is 30.3 Å². The van der Waals surface area contributed by atoms with Gasteiger partial charge in [-0.3, -0.25) is 9.59 Å². The molecule has 1 fully saturated rings. The van der Waals surface area contributed by atoms with Crippen molar-refractivity contribution in [2.24, 2.45) is 5.73 Å². The van der Waals surface area contributed by atoms with Crippen LogP contribution >= 0.6 is 12.4 Å². The summed E-state index contributed by atoms with van der Waals surface area (Å²) >= 11 is 0. The number of hydrogen-bond acceptors (Lipinski definition) is 3. The molecule has 1 saturated heterocycles. The van der Waals surface area contributed by atoms with Crippen molar-refractivity contribution in [1.82, 2.24) is 5.32 Å². The van der Waals surface area contributed by atoms with Crippen molar-refractivity contribution in [3.05, 3.63) is 30.3 Å². The first-order chi connectivity index (χ1) is 9.22. The molecule has 5 nitrogen and oxygen atoms in total. The number of halogens is 1. The van der Waals surface area contributed by atoms with Crippen molar-refractivity contribution in [1.29, 1.82) is 0 Å². The molecule has 0 aromatic heterocycles. The maximum Gasteiger partial charge on any atom is 0.249 e. The Morgan fingerprint density at radius 3 is 2.70 bits per heavy atom. The molecule has 0 radical (unpaired) electrons. The summed E-state index contributed by atoms with van der Waals surface area (Å²) in [5, 5.41) is 2.76. The molecule has 6 heteroatoms. The topological polar surface area (TPSA) is 75.4 Å². The largest absolute Gasteiger partial charge is 0.344 e. The summed E-state index contributed by atoms with van der Waals surface area (Å²) in [6.07, 6.45) is 1.84. The molecule has 3 N–H and O–H groups in total. The van der Waals surface area contributed by atoms with Crippen LogP contribution in [0.1, 0.15) is 19.3 Å². The van der Waals surface area contributed by atoms with Gasteiger partial charge in [-0.2, -0.15) is 0 Å². The van der Waals surface area contributed by atoms with Gasteiger partial charge in [-0.1, -0.05) is 18.2 Å². The fourth-order valence-corrected chi connectivity index (χ4v) is 2.27. The summed E-state index contributed by atoms with van der Waals surface area (Å²) in [5.74, 6) is -0.196. The highest BCUT2D eigenvalue weighted by molar-refractivity contribution is 5.99. The lowest BCUT2D eigenvalue weighted by Gasteiger charge is -2.32. The number of hydrogen-bond donors (Lipinski definition) is 2. The zero-order chi connectivity index (χ0) is 13.7. The number of benzene rings is 1. The van der Waals surface area contributed by atoms with Gasteiger partial charge in [0.05, 0.1) is 0 Å². The highest BCUT2D eigenvalue weighted by Crippen LogP contribution is 2.20. The Bertz CT molecular complexity index is 453. The Hall–Kier alpha value is -1.59. The predicted octanol–water partition coefficient (Wildman–Crippen LogP) is 1.07. The molecule has 1 heterocycles. The summed E-state index contributed by atoms with van der Waals surface area (Å²) in [6.45, 7) is 1.00. The second kappa shape index (κ2) is 7.87. The smallest absolute Gasteiger partial charge is 0.249 e. The van der Waals surface area contributed by atoms with Crippen molar-refractivity contribution in [3.63, 3.8) is 0 Å². The van der Waals surface area contributed by atoms with Crippen LogP contribution in [0.5, 0.6) is 0 Å². The van der Waals surface area contributed by atoms with E-state index in [1.54, 1.807) is 4.90 Å². The number of para-hydroxylation sites is 1. The van der Waals surface area contributed by atoms with Crippen LogP contribution in [0.2, 0.25) is 0 Å². The second-order valence-corrected chi connectivity index (χ2v) is 4.63. The minimum Gasteiger partial charge on any atom is -0.344 e. The van der Waals surface area contributed by atoms with Crippen LogP contribution in [-0.4, -0.2) is 30.9 Å². The Balaban J connectivity index is 0.00000200. The number of carbonyl (C=O) groups is 2. The standard InChI is InChI=1S/C14H19N3O2.ClH/c15-9-8-13(18)16-12-7-4-10-17(14(12)19)11-5-2-1-3-6-11;/h1-3,5-6,12H,4,7-10,15H2,(H,16,18);1H. The lowest BCUT2D eigenvalue weighted by Crippen LogP contribution is -2.52. The molecule has 0 spiro atoms. The molecule has 0 bridgehead atoms. The molecule has 1 aromatic carbocycles. The van der Waals surface area contributed by atoms with Crippen LogP contribution in [0.4, 0.5) is 5.69 Å². The molecule has 1 unspecified atom stereocenters. The molecular formula is C14H20ClN3O2. The Kier molecular flexibility index (Phi) is 6.48. The van der Waals surface area contributed by atoms with Gasteiger partial charge in [0.25, 0.3) is 0 Å². The van der Waals surface area contributed by atoms with E-state index < -0.39 is 6.04 Å². The van der Waals surface area contributed by atoms with Gasteiger partial charge in [0.15, 0.2) is 0 Å². The predicted molar refractivity (Wildman–Crippen MR) is 80.9 cm³/mol. The van der Waals surface area contributed by atoms with Crippen molar-refractivity contribution in [3.8, 4) is 0 Å². The average molecular weight is 298 g/mol. The van der Waals surface area contributed by atoms with Gasteiger partial charge in [-0.25, -0.2) is 0 Å². The van der Waals surface area contributed by atoms with Gasteiger partial charge >= 0.3 is 0 Å². The Morgan fingerprint density at radius 1 is 1.35 bits per heavy atom. The molecule has 1 aliphatic rings. The van der Waals surface area contributed by atoms with Crippen molar-refractivity contribution in [2.75, 3.05) is 18.0 Å². The molecule has 110 valence electrons. The molecule has 2 rings (SSSR count). The number of carbonyl (C=O) groups excluding carboxylic acids is 2. The van der Waals surface area contributed by atoms with E-state index in [1.165, 1.54) is 0 Å². The van der Waals surface area contributed by atoms with E-state index in [1.807, 2.05) is 30.3 Å². The van der Waals surface area contributed by atoms with Gasteiger partial charge in [0.1, 0.15) is 6.04 Å². The highest BCUT2D eigenvalue weighted by Gasteiger charge is 2.30. The van der Waals surface area contributed by atoms with Gasteiger partial charge in [0, 0.05) is 25.2 Å². The number of nitrogens with zero attached hydrogens (tertiary/aromatic N) is 1. The van der Waals surface area contributed by atoms with Crippen LogP contribution in [0.3, 0.4) is 0 Å². The van der Waals surface area contributed by atoms with Crippen molar-refractivity contribution >= 4 is 29.9 Å². The molecule has 0 aliphatic carbocycles. The summed E-state index contributed by atoms with van der Waals surface area (Å²) in [6, 6.07) is 9.11. The van der Waals surface area contributed by atoms with Crippen LogP contribution in [0.25, 0.3) is 0 Å². The molecule has 1 aliphatic heterocycles. The molecule has 1 atom stereocenters. The van der Waals surface area contributed by atoms with Crippen LogP contribution in [-0.2, 0) is 9.59 Å².